The minimum Gasteiger partial charge on any atom is -0.104 e. The molecule has 0 aliphatic rings. The predicted molar refractivity (Wildman–Crippen MR) is 67.9 cm³/mol. The average molecular weight is 221 g/mol. The number of allylic oxidation sites excluding steroid dienone is 1. The highest BCUT2D eigenvalue weighted by molar-refractivity contribution is 6.29. The molecule has 1 aromatic carbocycles. The molecule has 0 unspecified atom stereocenters. The molecule has 0 fully saturated rings. The van der Waals surface area contributed by atoms with Crippen LogP contribution in [-0.4, -0.2) is 0 Å². The molecular weight excluding hydrogens is 204 g/mol. The molecule has 15 heavy (non-hydrogen) atoms. The van der Waals surface area contributed by atoms with E-state index < -0.39 is 0 Å². The van der Waals surface area contributed by atoms with E-state index in [1.165, 1.54) is 12.8 Å². The monoisotopic (exact) mass is 220 g/mol. The van der Waals surface area contributed by atoms with Gasteiger partial charge in [0.15, 0.2) is 0 Å². The van der Waals surface area contributed by atoms with Crippen LogP contribution in [0.3, 0.4) is 0 Å². The Kier molecular flexibility index (Phi) is 5.92. The third-order valence-corrected chi connectivity index (χ3v) is 2.49. The minimum absolute atomic E-state index is 0.826. The molecule has 0 N–H and O–H groups in total. The van der Waals surface area contributed by atoms with E-state index in [2.05, 4.69) is 12.7 Å². The lowest BCUT2D eigenvalue weighted by atomic mass is 10.2. The highest BCUT2D eigenvalue weighted by Gasteiger charge is 1.90. The van der Waals surface area contributed by atoms with Gasteiger partial charge in [0.05, 0.1) is 5.03 Å². The van der Waals surface area contributed by atoms with Crippen molar-refractivity contribution in [3.05, 3.63) is 46.7 Å². The summed E-state index contributed by atoms with van der Waals surface area (Å²) < 4.78 is 0. The van der Waals surface area contributed by atoms with Crippen molar-refractivity contribution in [2.75, 3.05) is 0 Å². The summed E-state index contributed by atoms with van der Waals surface area (Å²) in [5.41, 5.74) is 4.26. The maximum atomic E-state index is 6.04. The Morgan fingerprint density at radius 3 is 2.67 bits per heavy atom. The first-order valence-corrected chi connectivity index (χ1v) is 5.87. The molecule has 0 spiro atoms. The molecule has 80 valence electrons. The Balaban J connectivity index is 2.51. The lowest BCUT2D eigenvalue weighted by molar-refractivity contribution is 0.725. The first-order chi connectivity index (χ1) is 7.33. The Morgan fingerprint density at radius 2 is 2.00 bits per heavy atom. The topological polar surface area (TPSA) is 0 Å². The number of hydrogen-bond acceptors (Lipinski definition) is 0. The van der Waals surface area contributed by atoms with Crippen molar-refractivity contribution in [1.29, 1.82) is 0 Å². The molecule has 0 aliphatic heterocycles. The van der Waals surface area contributed by atoms with Crippen LogP contribution in [-0.2, 0) is 0 Å². The van der Waals surface area contributed by atoms with Gasteiger partial charge in [-0.05, 0) is 24.5 Å². The Labute approximate surface area is 97.3 Å². The first-order valence-electron chi connectivity index (χ1n) is 5.49. The summed E-state index contributed by atoms with van der Waals surface area (Å²) in [6, 6.07) is 10.1. The largest absolute Gasteiger partial charge is 0.104 e. The number of benzene rings is 1. The minimum atomic E-state index is 0.826. The molecule has 0 atom stereocenters. The third kappa shape index (κ3) is 5.47. The van der Waals surface area contributed by atoms with Crippen LogP contribution >= 0.6 is 11.6 Å². The van der Waals surface area contributed by atoms with Crippen molar-refractivity contribution < 1.29 is 0 Å². The van der Waals surface area contributed by atoms with Crippen LogP contribution in [0.5, 0.6) is 0 Å². The van der Waals surface area contributed by atoms with E-state index in [0.717, 1.165) is 23.4 Å². The average Bonchev–Trinajstić information content (AvgIpc) is 2.28. The molecule has 0 aromatic heterocycles. The van der Waals surface area contributed by atoms with Crippen LogP contribution in [0, 0.1) is 0 Å². The van der Waals surface area contributed by atoms with Crippen molar-refractivity contribution in [3.8, 4) is 0 Å². The molecular formula is C14H17Cl. The summed E-state index contributed by atoms with van der Waals surface area (Å²) >= 11 is 6.04. The fourth-order valence-electron chi connectivity index (χ4n) is 1.31. The van der Waals surface area contributed by atoms with Crippen molar-refractivity contribution in [2.45, 2.75) is 32.6 Å². The summed E-state index contributed by atoms with van der Waals surface area (Å²) in [5, 5.41) is 0.826. The summed E-state index contributed by atoms with van der Waals surface area (Å²) in [7, 11) is 0. The quantitative estimate of drug-likeness (QED) is 0.484. The van der Waals surface area contributed by atoms with E-state index in [-0.39, 0.29) is 0 Å². The van der Waals surface area contributed by atoms with Gasteiger partial charge in [0.1, 0.15) is 0 Å². The lowest BCUT2D eigenvalue weighted by Crippen LogP contribution is -1.74. The molecule has 0 saturated heterocycles. The van der Waals surface area contributed by atoms with Gasteiger partial charge in [-0.2, -0.15) is 0 Å². The normalized spacial score (nSPS) is 9.47. The second kappa shape index (κ2) is 7.34. The summed E-state index contributed by atoms with van der Waals surface area (Å²) in [4.78, 5) is 0. The van der Waals surface area contributed by atoms with E-state index in [0.29, 0.717) is 0 Å². The standard InChI is InChI=1S/C14H17Cl/c1-2-3-5-10-14(15)12-11-13-8-6-4-7-9-13/h4,6-9,11H,2-3,5,10H2,1H3. The van der Waals surface area contributed by atoms with Crippen LogP contribution < -0.4 is 0 Å². The summed E-state index contributed by atoms with van der Waals surface area (Å²) in [5.74, 6) is 0. The van der Waals surface area contributed by atoms with Gasteiger partial charge in [0, 0.05) is 0 Å². The molecule has 1 aromatic rings. The SMILES string of the molecule is CCCCCC(Cl)=C=Cc1ccccc1. The van der Waals surface area contributed by atoms with Gasteiger partial charge in [-0.3, -0.25) is 0 Å². The molecule has 1 rings (SSSR count). The molecule has 0 aliphatic carbocycles. The smallest absolute Gasteiger partial charge is 0.0597 e. The Hall–Kier alpha value is -0.970. The highest BCUT2D eigenvalue weighted by Crippen LogP contribution is 2.12. The van der Waals surface area contributed by atoms with Crippen LogP contribution in [0.1, 0.15) is 38.2 Å². The Bertz CT molecular complexity index is 332. The van der Waals surface area contributed by atoms with Crippen molar-refractivity contribution in [2.24, 2.45) is 0 Å². The van der Waals surface area contributed by atoms with Gasteiger partial charge in [0.25, 0.3) is 0 Å². The van der Waals surface area contributed by atoms with E-state index in [1.807, 2.05) is 36.4 Å². The lowest BCUT2D eigenvalue weighted by Gasteiger charge is -1.94. The maximum Gasteiger partial charge on any atom is 0.0597 e. The number of unbranched alkanes of at least 4 members (excludes halogenated alkanes) is 2. The van der Waals surface area contributed by atoms with Crippen LogP contribution in [0.2, 0.25) is 0 Å². The summed E-state index contributed by atoms with van der Waals surface area (Å²) in [6.45, 7) is 2.19. The van der Waals surface area contributed by atoms with Gasteiger partial charge in [0.2, 0.25) is 0 Å². The zero-order valence-corrected chi connectivity index (χ0v) is 9.93. The molecule has 0 amide bonds. The second-order valence-electron chi connectivity index (χ2n) is 3.56. The van der Waals surface area contributed by atoms with Crippen molar-refractivity contribution in [3.63, 3.8) is 0 Å². The Morgan fingerprint density at radius 1 is 1.27 bits per heavy atom. The molecule has 1 heteroatoms. The van der Waals surface area contributed by atoms with Crippen LogP contribution in [0.15, 0.2) is 41.1 Å². The zero-order chi connectivity index (χ0) is 10.9. The van der Waals surface area contributed by atoms with Gasteiger partial charge >= 0.3 is 0 Å². The first kappa shape index (κ1) is 12.1. The van der Waals surface area contributed by atoms with Crippen molar-refractivity contribution in [1.82, 2.24) is 0 Å². The molecule has 0 saturated carbocycles. The van der Waals surface area contributed by atoms with Crippen molar-refractivity contribution >= 4 is 17.7 Å². The highest BCUT2D eigenvalue weighted by atomic mass is 35.5. The maximum absolute atomic E-state index is 6.04. The van der Waals surface area contributed by atoms with Crippen LogP contribution in [0.4, 0.5) is 0 Å². The predicted octanol–water partition coefficient (Wildman–Crippen LogP) is 5.00. The zero-order valence-electron chi connectivity index (χ0n) is 9.17. The number of rotatable bonds is 5. The number of halogens is 1. The molecule has 0 radical (unpaired) electrons. The summed E-state index contributed by atoms with van der Waals surface area (Å²) in [6.07, 6.45) is 6.51. The second-order valence-corrected chi connectivity index (χ2v) is 4.02. The van der Waals surface area contributed by atoms with E-state index in [4.69, 9.17) is 11.6 Å². The van der Waals surface area contributed by atoms with Gasteiger partial charge in [-0.25, -0.2) is 0 Å². The fraction of sp³-hybridized carbons (Fsp3) is 0.357. The molecule has 0 nitrogen and oxygen atoms in total. The van der Waals surface area contributed by atoms with Crippen LogP contribution in [0.25, 0.3) is 6.08 Å². The molecule has 0 bridgehead atoms. The number of hydrogen-bond donors (Lipinski definition) is 0. The van der Waals surface area contributed by atoms with E-state index >= 15 is 0 Å². The van der Waals surface area contributed by atoms with E-state index in [1.54, 1.807) is 0 Å². The fourth-order valence-corrected chi connectivity index (χ4v) is 1.50. The third-order valence-electron chi connectivity index (χ3n) is 2.19. The van der Waals surface area contributed by atoms with Gasteiger partial charge in [-0.1, -0.05) is 61.7 Å². The van der Waals surface area contributed by atoms with Gasteiger partial charge < -0.3 is 0 Å². The molecule has 0 heterocycles. The van der Waals surface area contributed by atoms with E-state index in [9.17, 15) is 0 Å². The van der Waals surface area contributed by atoms with Gasteiger partial charge in [-0.15, -0.1) is 5.73 Å².